The average molecular weight is 360 g/mol. The van der Waals surface area contributed by atoms with Crippen LogP contribution in [0.1, 0.15) is 5.56 Å². The number of hydrogen-bond donors (Lipinski definition) is 2. The normalized spacial score (nSPS) is 10.8. The Hall–Kier alpha value is -2.31. The fourth-order valence-electron chi connectivity index (χ4n) is 2.21. The van der Waals surface area contributed by atoms with Gasteiger partial charge in [-0.3, -0.25) is 4.79 Å². The van der Waals surface area contributed by atoms with Gasteiger partial charge in [-0.2, -0.15) is 0 Å². The molecule has 5 nitrogen and oxygen atoms in total. The first-order chi connectivity index (χ1) is 11.5. The van der Waals surface area contributed by atoms with E-state index >= 15 is 0 Å². The summed E-state index contributed by atoms with van der Waals surface area (Å²) in [6.45, 7) is 1.91. The monoisotopic (exact) mass is 359 g/mol. The number of carboxylic acids is 1. The molecule has 0 aliphatic carbocycles. The molecule has 7 heteroatoms. The van der Waals surface area contributed by atoms with Crippen LogP contribution < -0.4 is 5.32 Å². The lowest BCUT2D eigenvalue weighted by Gasteiger charge is -2.11. The first-order valence-corrected chi connectivity index (χ1v) is 8.54. The van der Waals surface area contributed by atoms with E-state index in [4.69, 9.17) is 16.7 Å². The third-order valence-corrected chi connectivity index (χ3v) is 4.80. The number of benzene rings is 2. The van der Waals surface area contributed by atoms with E-state index in [1.54, 1.807) is 0 Å². The maximum Gasteiger partial charge on any atom is 0.313 e. The van der Waals surface area contributed by atoms with E-state index < -0.39 is 5.97 Å². The van der Waals surface area contributed by atoms with Gasteiger partial charge in [-0.05, 0) is 30.7 Å². The largest absolute Gasteiger partial charge is 0.481 e. The average Bonchev–Trinajstić information content (AvgIpc) is 2.57. The summed E-state index contributed by atoms with van der Waals surface area (Å²) in [6, 6.07) is 13.1. The van der Waals surface area contributed by atoms with Crippen molar-refractivity contribution in [3.63, 3.8) is 0 Å². The van der Waals surface area contributed by atoms with Crippen molar-refractivity contribution in [3.05, 3.63) is 53.1 Å². The molecule has 0 bridgehead atoms. The zero-order valence-electron chi connectivity index (χ0n) is 12.8. The highest BCUT2D eigenvalue weighted by atomic mass is 35.5. The standard InChI is InChI=1S/C17H14ClN3O2S/c1-10-12(18)6-4-8-13(10)19-17-20-14-7-3-2-5-11(14)16(21-17)24-9-15(22)23/h2-8H,9H2,1H3,(H,22,23)(H,19,20,21). The Labute approximate surface area is 148 Å². The number of anilines is 2. The van der Waals surface area contributed by atoms with Crippen molar-refractivity contribution >= 4 is 51.9 Å². The molecule has 0 radical (unpaired) electrons. The van der Waals surface area contributed by atoms with E-state index in [0.717, 1.165) is 22.2 Å². The number of nitrogens with zero attached hydrogens (tertiary/aromatic N) is 2. The Kier molecular flexibility index (Phi) is 4.87. The highest BCUT2D eigenvalue weighted by molar-refractivity contribution is 8.00. The summed E-state index contributed by atoms with van der Waals surface area (Å²) in [7, 11) is 0. The Morgan fingerprint density at radius 3 is 2.79 bits per heavy atom. The van der Waals surface area contributed by atoms with Crippen LogP contribution in [0, 0.1) is 6.92 Å². The quantitative estimate of drug-likeness (QED) is 0.515. The Morgan fingerprint density at radius 2 is 2.00 bits per heavy atom. The lowest BCUT2D eigenvalue weighted by molar-refractivity contribution is -0.133. The van der Waals surface area contributed by atoms with Gasteiger partial charge in [-0.1, -0.05) is 47.6 Å². The minimum atomic E-state index is -0.886. The van der Waals surface area contributed by atoms with Crippen molar-refractivity contribution in [3.8, 4) is 0 Å². The molecule has 1 aromatic heterocycles. The molecule has 122 valence electrons. The van der Waals surface area contributed by atoms with Crippen LogP contribution in [-0.2, 0) is 4.79 Å². The van der Waals surface area contributed by atoms with Gasteiger partial charge in [0.1, 0.15) is 5.03 Å². The number of halogens is 1. The number of aromatic nitrogens is 2. The number of para-hydroxylation sites is 1. The molecule has 0 atom stereocenters. The molecule has 0 fully saturated rings. The van der Waals surface area contributed by atoms with Crippen molar-refractivity contribution in [1.29, 1.82) is 0 Å². The van der Waals surface area contributed by atoms with Crippen LogP contribution in [-0.4, -0.2) is 26.8 Å². The van der Waals surface area contributed by atoms with Gasteiger partial charge >= 0.3 is 5.97 Å². The molecule has 0 saturated heterocycles. The fourth-order valence-corrected chi connectivity index (χ4v) is 3.12. The molecule has 3 aromatic rings. The van der Waals surface area contributed by atoms with Gasteiger partial charge in [0, 0.05) is 16.1 Å². The second kappa shape index (κ2) is 7.07. The lowest BCUT2D eigenvalue weighted by atomic mass is 10.2. The molecule has 0 spiro atoms. The van der Waals surface area contributed by atoms with Crippen molar-refractivity contribution in [1.82, 2.24) is 9.97 Å². The smallest absolute Gasteiger partial charge is 0.313 e. The maximum atomic E-state index is 10.9. The minimum Gasteiger partial charge on any atom is -0.481 e. The molecule has 0 aliphatic rings. The van der Waals surface area contributed by atoms with Gasteiger partial charge in [-0.15, -0.1) is 0 Å². The van der Waals surface area contributed by atoms with Crippen molar-refractivity contribution in [2.24, 2.45) is 0 Å². The first kappa shape index (κ1) is 16.5. The summed E-state index contributed by atoms with van der Waals surface area (Å²) in [4.78, 5) is 19.8. The van der Waals surface area contributed by atoms with Gasteiger partial charge in [0.25, 0.3) is 0 Å². The summed E-state index contributed by atoms with van der Waals surface area (Å²) in [6.07, 6.45) is 0. The highest BCUT2D eigenvalue weighted by Gasteiger charge is 2.11. The third-order valence-electron chi connectivity index (χ3n) is 3.41. The highest BCUT2D eigenvalue weighted by Crippen LogP contribution is 2.29. The number of thioether (sulfide) groups is 1. The van der Waals surface area contributed by atoms with Gasteiger partial charge in [0.15, 0.2) is 0 Å². The van der Waals surface area contributed by atoms with Crippen LogP contribution in [0.3, 0.4) is 0 Å². The summed E-state index contributed by atoms with van der Waals surface area (Å²) < 4.78 is 0. The van der Waals surface area contributed by atoms with Crippen LogP contribution in [0.5, 0.6) is 0 Å². The van der Waals surface area contributed by atoms with E-state index in [1.807, 2.05) is 49.4 Å². The Bertz CT molecular complexity index is 917. The Morgan fingerprint density at radius 1 is 1.21 bits per heavy atom. The first-order valence-electron chi connectivity index (χ1n) is 7.18. The zero-order valence-corrected chi connectivity index (χ0v) is 14.4. The number of carbonyl (C=O) groups is 1. The SMILES string of the molecule is Cc1c(Cl)cccc1Nc1nc(SCC(=O)O)c2ccccc2n1. The summed E-state index contributed by atoms with van der Waals surface area (Å²) in [5.41, 5.74) is 2.46. The number of hydrogen-bond acceptors (Lipinski definition) is 5. The van der Waals surface area contributed by atoms with Gasteiger partial charge in [-0.25, -0.2) is 9.97 Å². The van der Waals surface area contributed by atoms with Crippen LogP contribution in [0.25, 0.3) is 10.9 Å². The van der Waals surface area contributed by atoms with E-state index in [1.165, 1.54) is 11.8 Å². The molecule has 0 unspecified atom stereocenters. The number of nitrogens with one attached hydrogen (secondary N) is 1. The van der Waals surface area contributed by atoms with Crippen LogP contribution in [0.15, 0.2) is 47.5 Å². The molecular weight excluding hydrogens is 346 g/mol. The van der Waals surface area contributed by atoms with Crippen molar-refractivity contribution < 1.29 is 9.90 Å². The lowest BCUT2D eigenvalue weighted by Crippen LogP contribution is -2.03. The predicted molar refractivity (Wildman–Crippen MR) is 97.4 cm³/mol. The zero-order chi connectivity index (χ0) is 17.1. The maximum absolute atomic E-state index is 10.9. The van der Waals surface area contributed by atoms with Crippen molar-refractivity contribution in [2.45, 2.75) is 11.9 Å². The second-order valence-corrected chi connectivity index (χ2v) is 6.46. The molecular formula is C17H14ClN3O2S. The second-order valence-electron chi connectivity index (χ2n) is 5.09. The topological polar surface area (TPSA) is 75.1 Å². The van der Waals surface area contributed by atoms with E-state index in [2.05, 4.69) is 15.3 Å². The molecule has 0 aliphatic heterocycles. The third kappa shape index (κ3) is 3.60. The molecule has 24 heavy (non-hydrogen) atoms. The molecule has 0 amide bonds. The van der Waals surface area contributed by atoms with Gasteiger partial charge in [0.05, 0.1) is 11.3 Å². The van der Waals surface area contributed by atoms with Gasteiger partial charge in [0.2, 0.25) is 5.95 Å². The number of fused-ring (bicyclic) bond motifs is 1. The minimum absolute atomic E-state index is 0.0589. The molecule has 3 rings (SSSR count). The van der Waals surface area contributed by atoms with Crippen LogP contribution in [0.4, 0.5) is 11.6 Å². The van der Waals surface area contributed by atoms with E-state index in [0.29, 0.717) is 16.0 Å². The number of carboxylic acid groups (broad SMARTS) is 1. The van der Waals surface area contributed by atoms with E-state index in [-0.39, 0.29) is 5.75 Å². The summed E-state index contributed by atoms with van der Waals surface area (Å²) in [5.74, 6) is -0.536. The molecule has 0 saturated carbocycles. The van der Waals surface area contributed by atoms with Gasteiger partial charge < -0.3 is 10.4 Å². The predicted octanol–water partition coefficient (Wildman–Crippen LogP) is 4.51. The molecule has 2 aromatic carbocycles. The molecule has 1 heterocycles. The number of rotatable bonds is 5. The van der Waals surface area contributed by atoms with E-state index in [9.17, 15) is 4.79 Å². The van der Waals surface area contributed by atoms with Crippen molar-refractivity contribution in [2.75, 3.05) is 11.1 Å². The molecule has 2 N–H and O–H groups in total. The summed E-state index contributed by atoms with van der Waals surface area (Å²) >= 11 is 7.31. The fraction of sp³-hybridized carbons (Fsp3) is 0.118. The Balaban J connectivity index is 2.01. The van der Waals surface area contributed by atoms with Crippen LogP contribution in [0.2, 0.25) is 5.02 Å². The van der Waals surface area contributed by atoms with Crippen LogP contribution >= 0.6 is 23.4 Å². The summed E-state index contributed by atoms with van der Waals surface area (Å²) in [5, 5.41) is 14.2. The number of aliphatic carboxylic acids is 1.